The Hall–Kier alpha value is -3.33. The maximum absolute atomic E-state index is 14.5. The van der Waals surface area contributed by atoms with Crippen LogP contribution in [0.25, 0.3) is 0 Å². The average Bonchev–Trinajstić information content (AvgIpc) is 3.63. The van der Waals surface area contributed by atoms with Crippen LogP contribution in [0.5, 0.6) is 0 Å². The van der Waals surface area contributed by atoms with E-state index in [1.807, 2.05) is 91.0 Å². The number of carbonyl (C=O) groups is 2. The predicted octanol–water partition coefficient (Wildman–Crippen LogP) is 9.89. The second-order valence-corrected chi connectivity index (χ2v) is 21.2. The number of carbonyl (C=O) groups excluding carboxylic acids is 2. The SMILES string of the molecule is C[C@H](CCNC(=O)CCC(CP(=O)(OCc1ccccc1)OCc1ccccc1)C(=O)OCc1ccccc1)[C@H]1CCC2C3CC[C@@H]4C[C@H](O)CC[C@]4(C)C3C[C@H](O)[C@@]21C. The molecule has 60 heavy (non-hydrogen) atoms. The van der Waals surface area contributed by atoms with Crippen LogP contribution in [0.3, 0.4) is 0 Å². The number of nitrogens with one attached hydrogen (secondary N) is 1. The van der Waals surface area contributed by atoms with Crippen LogP contribution in [0, 0.1) is 52.3 Å². The van der Waals surface area contributed by atoms with Gasteiger partial charge in [-0.15, -0.1) is 0 Å². The van der Waals surface area contributed by atoms with Gasteiger partial charge in [-0.25, -0.2) is 0 Å². The number of hydrogen-bond donors (Lipinski definition) is 3. The molecule has 0 aliphatic heterocycles. The average molecular weight is 842 g/mol. The summed E-state index contributed by atoms with van der Waals surface area (Å²) in [6, 6.07) is 28.2. The summed E-state index contributed by atoms with van der Waals surface area (Å²) in [7, 11) is -3.87. The fourth-order valence-corrected chi connectivity index (χ4v) is 14.1. The van der Waals surface area contributed by atoms with Gasteiger partial charge in [-0.3, -0.25) is 14.2 Å². The highest BCUT2D eigenvalue weighted by Crippen LogP contribution is 2.68. The Labute approximate surface area is 357 Å². The molecule has 1 amide bonds. The molecule has 4 saturated carbocycles. The molecule has 326 valence electrons. The van der Waals surface area contributed by atoms with Crippen LogP contribution in [-0.2, 0) is 47.8 Å². The molecule has 0 spiro atoms. The number of hydrogen-bond acceptors (Lipinski definition) is 8. The third-order valence-electron chi connectivity index (χ3n) is 15.7. The van der Waals surface area contributed by atoms with Crippen LogP contribution in [0.15, 0.2) is 91.0 Å². The lowest BCUT2D eigenvalue weighted by Gasteiger charge is -2.62. The molecule has 9 nitrogen and oxygen atoms in total. The van der Waals surface area contributed by atoms with Gasteiger partial charge in [0.1, 0.15) is 6.61 Å². The number of amides is 1. The van der Waals surface area contributed by atoms with Crippen molar-refractivity contribution in [1.29, 1.82) is 0 Å². The number of aliphatic hydroxyl groups excluding tert-OH is 2. The largest absolute Gasteiger partial charge is 0.461 e. The Morgan fingerprint density at radius 2 is 1.37 bits per heavy atom. The van der Waals surface area contributed by atoms with Crippen LogP contribution < -0.4 is 5.32 Å². The quantitative estimate of drug-likeness (QED) is 0.0853. The van der Waals surface area contributed by atoms with Gasteiger partial charge in [0, 0.05) is 13.0 Å². The normalized spacial score (nSPS) is 30.9. The lowest BCUT2D eigenvalue weighted by atomic mass is 9.43. The highest BCUT2D eigenvalue weighted by atomic mass is 31.2. The molecule has 0 heterocycles. The molecule has 0 radical (unpaired) electrons. The summed E-state index contributed by atoms with van der Waals surface area (Å²) in [5.41, 5.74) is 2.54. The summed E-state index contributed by atoms with van der Waals surface area (Å²) in [5, 5.41) is 25.6. The predicted molar refractivity (Wildman–Crippen MR) is 233 cm³/mol. The Morgan fingerprint density at radius 3 is 1.98 bits per heavy atom. The van der Waals surface area contributed by atoms with Crippen molar-refractivity contribution in [1.82, 2.24) is 5.32 Å². The van der Waals surface area contributed by atoms with Gasteiger partial charge in [-0.1, -0.05) is 112 Å². The second kappa shape index (κ2) is 19.8. The highest BCUT2D eigenvalue weighted by Gasteiger charge is 2.63. The molecule has 4 aliphatic rings. The summed E-state index contributed by atoms with van der Waals surface area (Å²) < 4.78 is 32.3. The zero-order valence-electron chi connectivity index (χ0n) is 36.0. The fraction of sp³-hybridized carbons (Fsp3) is 0.600. The van der Waals surface area contributed by atoms with Crippen LogP contribution >= 0.6 is 7.60 Å². The van der Waals surface area contributed by atoms with E-state index in [9.17, 15) is 24.4 Å². The molecule has 3 aromatic rings. The van der Waals surface area contributed by atoms with Crippen molar-refractivity contribution >= 4 is 19.5 Å². The van der Waals surface area contributed by atoms with Crippen LogP contribution in [0.4, 0.5) is 0 Å². The van der Waals surface area contributed by atoms with Crippen molar-refractivity contribution < 1.29 is 38.2 Å². The first kappa shape index (κ1) is 44.7. The van der Waals surface area contributed by atoms with E-state index in [1.165, 1.54) is 12.8 Å². The number of esters is 1. The standard InChI is InChI=1S/C50H68NO8P/c1-35(43-22-23-44-42-21-20-40-29-41(52)25-27-49(40,2)45(42)30-46(53)50(43,44)3)26-28-51-47(54)24-19-39(48(55)57-31-36-13-7-4-8-14-36)34-60(56,58-32-37-15-9-5-10-16-37)59-33-38-17-11-6-12-18-38/h4-18,35,39-46,52-53H,19-34H2,1-3H3,(H,51,54)/t35-,39?,40-,41-,42?,43-,44?,45?,46+,49+,50-/m1/s1. The first-order chi connectivity index (χ1) is 28.9. The van der Waals surface area contributed by atoms with E-state index in [0.29, 0.717) is 42.1 Å². The number of rotatable bonds is 18. The van der Waals surface area contributed by atoms with Gasteiger partial charge in [0.25, 0.3) is 0 Å². The molecule has 3 N–H and O–H groups in total. The highest BCUT2D eigenvalue weighted by molar-refractivity contribution is 7.53. The summed E-state index contributed by atoms with van der Waals surface area (Å²) >= 11 is 0. The Morgan fingerprint density at radius 1 is 0.767 bits per heavy atom. The van der Waals surface area contributed by atoms with Gasteiger partial charge in [0.15, 0.2) is 0 Å². The summed E-state index contributed by atoms with van der Waals surface area (Å²) in [4.78, 5) is 27.2. The molecule has 0 bridgehead atoms. The number of aliphatic hydroxyl groups is 2. The summed E-state index contributed by atoms with van der Waals surface area (Å²) in [6.45, 7) is 7.74. The van der Waals surface area contributed by atoms with E-state index >= 15 is 0 Å². The maximum atomic E-state index is 14.5. The lowest BCUT2D eigenvalue weighted by molar-refractivity contribution is -0.174. The lowest BCUT2D eigenvalue weighted by Crippen LogP contribution is -2.58. The molecular formula is C50H68NO8P. The molecule has 0 saturated heterocycles. The minimum Gasteiger partial charge on any atom is -0.461 e. The minimum atomic E-state index is -3.87. The van der Waals surface area contributed by atoms with E-state index in [1.54, 1.807) is 0 Å². The van der Waals surface area contributed by atoms with Crippen LogP contribution in [0.2, 0.25) is 0 Å². The number of fused-ring (bicyclic) bond motifs is 5. The first-order valence-corrected chi connectivity index (χ1v) is 24.4. The van der Waals surface area contributed by atoms with Gasteiger partial charge >= 0.3 is 13.6 Å². The molecule has 10 heteroatoms. The fourth-order valence-electron chi connectivity index (χ4n) is 12.2. The first-order valence-electron chi connectivity index (χ1n) is 22.7. The number of ether oxygens (including phenoxy) is 1. The van der Waals surface area contributed by atoms with Gasteiger partial charge in [0.2, 0.25) is 5.91 Å². The van der Waals surface area contributed by atoms with Crippen molar-refractivity contribution in [3.63, 3.8) is 0 Å². The Kier molecular flexibility index (Phi) is 14.8. The molecule has 4 fully saturated rings. The Bertz CT molecular complexity index is 1850. The van der Waals surface area contributed by atoms with Gasteiger partial charge in [-0.2, -0.15) is 0 Å². The molecule has 0 aromatic heterocycles. The third-order valence-corrected chi connectivity index (χ3v) is 17.6. The van der Waals surface area contributed by atoms with Crippen molar-refractivity contribution in [2.45, 2.75) is 123 Å². The molecule has 11 atom stereocenters. The Balaban J connectivity index is 0.962. The topological polar surface area (TPSA) is 131 Å². The zero-order chi connectivity index (χ0) is 42.3. The van der Waals surface area contributed by atoms with Gasteiger partial charge in [-0.05, 0) is 127 Å². The molecule has 3 aromatic carbocycles. The van der Waals surface area contributed by atoms with Crippen LogP contribution in [0.1, 0.15) is 108 Å². The smallest absolute Gasteiger partial charge is 0.332 e. The monoisotopic (exact) mass is 841 g/mol. The van der Waals surface area contributed by atoms with Gasteiger partial charge in [0.05, 0.1) is 37.5 Å². The van der Waals surface area contributed by atoms with Gasteiger partial charge < -0.3 is 29.3 Å². The van der Waals surface area contributed by atoms with E-state index < -0.39 is 19.5 Å². The minimum absolute atomic E-state index is 0.0429. The number of benzene rings is 3. The van der Waals surface area contributed by atoms with Crippen molar-refractivity contribution in [3.8, 4) is 0 Å². The second-order valence-electron chi connectivity index (χ2n) is 19.1. The zero-order valence-corrected chi connectivity index (χ0v) is 36.9. The van der Waals surface area contributed by atoms with E-state index in [2.05, 4.69) is 26.1 Å². The summed E-state index contributed by atoms with van der Waals surface area (Å²) in [6.07, 6.45) is 8.59. The molecule has 4 unspecified atom stereocenters. The van der Waals surface area contributed by atoms with Crippen molar-refractivity contribution in [2.75, 3.05) is 12.7 Å². The van der Waals surface area contributed by atoms with Crippen LogP contribution in [-0.4, -0.2) is 47.0 Å². The van der Waals surface area contributed by atoms with Crippen molar-refractivity contribution in [3.05, 3.63) is 108 Å². The maximum Gasteiger partial charge on any atom is 0.332 e. The van der Waals surface area contributed by atoms with Crippen molar-refractivity contribution in [2.24, 2.45) is 52.3 Å². The molecule has 4 aliphatic carbocycles. The third kappa shape index (κ3) is 10.3. The van der Waals surface area contributed by atoms with E-state index in [4.69, 9.17) is 13.8 Å². The van der Waals surface area contributed by atoms with E-state index in [-0.39, 0.29) is 67.8 Å². The van der Waals surface area contributed by atoms with E-state index in [0.717, 1.165) is 61.6 Å². The summed E-state index contributed by atoms with van der Waals surface area (Å²) in [5.74, 6) is 1.27. The molecular weight excluding hydrogens is 774 g/mol. The molecule has 7 rings (SSSR count).